The third-order valence-electron chi connectivity index (χ3n) is 3.86. The number of allylic oxidation sites excluding steroid dienone is 2. The number of nitrogens with one attached hydrogen (secondary N) is 2. The number of hydrogen-bond acceptors (Lipinski definition) is 3. The maximum absolute atomic E-state index is 4.47. The fourth-order valence-corrected chi connectivity index (χ4v) is 2.79. The number of benzene rings is 1. The van der Waals surface area contributed by atoms with Crippen molar-refractivity contribution in [2.75, 3.05) is 5.43 Å². The van der Waals surface area contributed by atoms with E-state index in [1.54, 1.807) is 0 Å². The number of imidazole rings is 1. The number of hydrogen-bond donors (Lipinski definition) is 2. The topological polar surface area (TPSA) is 53.1 Å². The van der Waals surface area contributed by atoms with Gasteiger partial charge in [-0.1, -0.05) is 24.3 Å². The van der Waals surface area contributed by atoms with Crippen LogP contribution in [0.25, 0.3) is 11.0 Å². The smallest absolute Gasteiger partial charge is 0.222 e. The fraction of sp³-hybridized carbons (Fsp3) is 0.286. The molecule has 2 aromatic rings. The Labute approximate surface area is 105 Å². The highest BCUT2D eigenvalue weighted by Crippen LogP contribution is 2.40. The molecule has 2 atom stereocenters. The lowest BCUT2D eigenvalue weighted by atomic mass is 9.74. The van der Waals surface area contributed by atoms with Crippen molar-refractivity contribution >= 4 is 22.7 Å². The van der Waals surface area contributed by atoms with Crippen molar-refractivity contribution < 1.29 is 0 Å². The standard InChI is InChI=1S/C14H14N4/c1-2-7-12-11(6-1)15-14(16-12)18-17-13-8-9-4-3-5-10(9)13/h1-4,6-7,9-10H,5,8H2,(H2,15,16,18)/b17-13+/t9-,10+/m0/s1. The van der Waals surface area contributed by atoms with Gasteiger partial charge in [0, 0.05) is 11.6 Å². The van der Waals surface area contributed by atoms with Gasteiger partial charge in [0.05, 0.1) is 11.0 Å². The first-order valence-electron chi connectivity index (χ1n) is 6.34. The van der Waals surface area contributed by atoms with Crippen LogP contribution in [0.5, 0.6) is 0 Å². The molecule has 1 aromatic heterocycles. The number of hydrazone groups is 1. The number of rotatable bonds is 2. The highest BCUT2D eigenvalue weighted by atomic mass is 15.4. The van der Waals surface area contributed by atoms with Gasteiger partial charge in [0.2, 0.25) is 5.95 Å². The molecular formula is C14H14N4. The Balaban J connectivity index is 1.53. The molecule has 1 fully saturated rings. The molecule has 1 aromatic carbocycles. The maximum atomic E-state index is 4.47. The van der Waals surface area contributed by atoms with E-state index in [1.807, 2.05) is 24.3 Å². The van der Waals surface area contributed by atoms with Gasteiger partial charge in [0.25, 0.3) is 0 Å². The van der Waals surface area contributed by atoms with E-state index in [4.69, 9.17) is 0 Å². The van der Waals surface area contributed by atoms with Crippen molar-refractivity contribution in [3.8, 4) is 0 Å². The summed E-state index contributed by atoms with van der Waals surface area (Å²) < 4.78 is 0. The number of para-hydroxylation sites is 2. The van der Waals surface area contributed by atoms with Crippen LogP contribution in [0.4, 0.5) is 5.95 Å². The third-order valence-corrected chi connectivity index (χ3v) is 3.86. The summed E-state index contributed by atoms with van der Waals surface area (Å²) in [5.41, 5.74) is 6.31. The van der Waals surface area contributed by atoms with Crippen LogP contribution in [0.15, 0.2) is 41.5 Å². The summed E-state index contributed by atoms with van der Waals surface area (Å²) in [7, 11) is 0. The van der Waals surface area contributed by atoms with E-state index in [1.165, 1.54) is 5.71 Å². The van der Waals surface area contributed by atoms with Crippen LogP contribution in [-0.2, 0) is 0 Å². The zero-order chi connectivity index (χ0) is 11.9. The molecule has 2 N–H and O–H groups in total. The van der Waals surface area contributed by atoms with Gasteiger partial charge in [-0.2, -0.15) is 5.10 Å². The second-order valence-electron chi connectivity index (χ2n) is 4.96. The van der Waals surface area contributed by atoms with Crippen LogP contribution in [0.1, 0.15) is 12.8 Å². The Morgan fingerprint density at radius 3 is 3.17 bits per heavy atom. The van der Waals surface area contributed by atoms with Gasteiger partial charge in [-0.25, -0.2) is 10.4 Å². The molecule has 18 heavy (non-hydrogen) atoms. The van der Waals surface area contributed by atoms with Crippen LogP contribution in [-0.4, -0.2) is 15.7 Å². The fourth-order valence-electron chi connectivity index (χ4n) is 2.79. The van der Waals surface area contributed by atoms with Crippen LogP contribution in [0, 0.1) is 11.8 Å². The molecule has 90 valence electrons. The second kappa shape index (κ2) is 3.70. The largest absolute Gasteiger partial charge is 0.323 e. The molecule has 0 bridgehead atoms. The first-order valence-corrected chi connectivity index (χ1v) is 6.34. The molecule has 0 radical (unpaired) electrons. The molecule has 4 heteroatoms. The van der Waals surface area contributed by atoms with Gasteiger partial charge in [0.15, 0.2) is 0 Å². The minimum absolute atomic E-state index is 0.641. The number of anilines is 1. The molecule has 1 saturated carbocycles. The molecule has 0 amide bonds. The van der Waals surface area contributed by atoms with E-state index in [-0.39, 0.29) is 0 Å². The number of nitrogens with zero attached hydrogens (tertiary/aromatic N) is 2. The molecular weight excluding hydrogens is 224 g/mol. The van der Waals surface area contributed by atoms with Gasteiger partial charge in [-0.3, -0.25) is 0 Å². The van der Waals surface area contributed by atoms with Gasteiger partial charge in [-0.05, 0) is 30.9 Å². The van der Waals surface area contributed by atoms with Gasteiger partial charge in [0.1, 0.15) is 0 Å². The molecule has 0 aliphatic heterocycles. The van der Waals surface area contributed by atoms with Crippen molar-refractivity contribution in [1.82, 2.24) is 9.97 Å². The highest BCUT2D eigenvalue weighted by Gasteiger charge is 2.37. The average Bonchev–Trinajstić information content (AvgIpc) is 2.93. The van der Waals surface area contributed by atoms with Crippen molar-refractivity contribution in [2.24, 2.45) is 16.9 Å². The van der Waals surface area contributed by atoms with E-state index < -0.39 is 0 Å². The average molecular weight is 238 g/mol. The Hall–Kier alpha value is -2.10. The Morgan fingerprint density at radius 1 is 1.33 bits per heavy atom. The zero-order valence-electron chi connectivity index (χ0n) is 9.93. The number of fused-ring (bicyclic) bond motifs is 2. The molecule has 1 heterocycles. The summed E-state index contributed by atoms with van der Waals surface area (Å²) in [6.45, 7) is 0. The van der Waals surface area contributed by atoms with Gasteiger partial charge >= 0.3 is 0 Å². The van der Waals surface area contributed by atoms with E-state index in [9.17, 15) is 0 Å². The molecule has 0 saturated heterocycles. The number of H-pyrrole nitrogens is 1. The number of aromatic amines is 1. The van der Waals surface area contributed by atoms with Crippen LogP contribution in [0.2, 0.25) is 0 Å². The van der Waals surface area contributed by atoms with Gasteiger partial charge in [-0.15, -0.1) is 0 Å². The molecule has 2 aliphatic rings. The maximum Gasteiger partial charge on any atom is 0.222 e. The summed E-state index contributed by atoms with van der Waals surface area (Å²) in [4.78, 5) is 7.65. The Kier molecular flexibility index (Phi) is 2.03. The molecule has 4 nitrogen and oxygen atoms in total. The summed E-state index contributed by atoms with van der Waals surface area (Å²) in [6, 6.07) is 7.99. The molecule has 4 rings (SSSR count). The quantitative estimate of drug-likeness (QED) is 0.624. The van der Waals surface area contributed by atoms with E-state index in [0.29, 0.717) is 5.92 Å². The third kappa shape index (κ3) is 1.45. The van der Waals surface area contributed by atoms with Crippen molar-refractivity contribution in [2.45, 2.75) is 12.8 Å². The molecule has 2 aliphatic carbocycles. The lowest BCUT2D eigenvalue weighted by molar-refractivity contribution is 0.466. The van der Waals surface area contributed by atoms with Crippen LogP contribution in [0.3, 0.4) is 0 Å². The van der Waals surface area contributed by atoms with Gasteiger partial charge < -0.3 is 4.98 Å². The van der Waals surface area contributed by atoms with E-state index >= 15 is 0 Å². The zero-order valence-corrected chi connectivity index (χ0v) is 9.93. The summed E-state index contributed by atoms with van der Waals surface area (Å²) >= 11 is 0. The van der Waals surface area contributed by atoms with E-state index in [2.05, 4.69) is 32.6 Å². The molecule has 0 unspecified atom stereocenters. The van der Waals surface area contributed by atoms with Crippen molar-refractivity contribution in [1.29, 1.82) is 0 Å². The number of aromatic nitrogens is 2. The normalized spacial score (nSPS) is 27.4. The summed E-state index contributed by atoms with van der Waals surface area (Å²) in [5, 5.41) is 4.47. The predicted octanol–water partition coefficient (Wildman–Crippen LogP) is 2.93. The lowest BCUT2D eigenvalue weighted by Gasteiger charge is -2.31. The van der Waals surface area contributed by atoms with Crippen molar-refractivity contribution in [3.63, 3.8) is 0 Å². The highest BCUT2D eigenvalue weighted by molar-refractivity contribution is 5.94. The second-order valence-corrected chi connectivity index (χ2v) is 4.96. The Morgan fingerprint density at radius 2 is 2.28 bits per heavy atom. The first kappa shape index (κ1) is 9.88. The summed E-state index contributed by atoms with van der Waals surface area (Å²) in [6.07, 6.45) is 6.81. The van der Waals surface area contributed by atoms with Crippen LogP contribution < -0.4 is 5.43 Å². The summed E-state index contributed by atoms with van der Waals surface area (Å²) in [5.74, 6) is 2.10. The first-order chi connectivity index (χ1) is 8.90. The minimum atomic E-state index is 0.641. The minimum Gasteiger partial charge on any atom is -0.323 e. The van der Waals surface area contributed by atoms with Crippen molar-refractivity contribution in [3.05, 3.63) is 36.4 Å². The SMILES string of the molecule is C1=C[C@H]2C/C(=N\Nc3nc4ccccc4[nH]3)[C@@H]2C1. The van der Waals surface area contributed by atoms with Crippen LogP contribution >= 0.6 is 0 Å². The lowest BCUT2D eigenvalue weighted by Crippen LogP contribution is -2.33. The predicted molar refractivity (Wildman–Crippen MR) is 72.5 cm³/mol. The monoisotopic (exact) mass is 238 g/mol. The molecule has 0 spiro atoms. The Bertz CT molecular complexity index is 620. The van der Waals surface area contributed by atoms with E-state index in [0.717, 1.165) is 35.7 Å².